The van der Waals surface area contributed by atoms with Crippen molar-refractivity contribution >= 4 is 21.8 Å². The molecular weight excluding hydrogens is 306 g/mol. The molecule has 0 radical (unpaired) electrons. The monoisotopic (exact) mass is 325 g/mol. The van der Waals surface area contributed by atoms with Crippen LogP contribution in [-0.4, -0.2) is 36.5 Å². The molecule has 2 atom stereocenters. The lowest BCUT2D eigenvalue weighted by atomic mass is 9.99. The summed E-state index contributed by atoms with van der Waals surface area (Å²) < 4.78 is 1.06. The quantitative estimate of drug-likeness (QED) is 0.888. The number of carbonyl (C=O) groups is 1. The molecule has 3 N–H and O–H groups in total. The van der Waals surface area contributed by atoms with Crippen LogP contribution >= 0.6 is 15.9 Å². The Morgan fingerprint density at radius 2 is 2.00 bits per heavy atom. The van der Waals surface area contributed by atoms with Gasteiger partial charge in [0.1, 0.15) is 0 Å². The van der Waals surface area contributed by atoms with Crippen molar-refractivity contribution in [3.8, 4) is 0 Å². The van der Waals surface area contributed by atoms with Crippen LogP contribution in [0.4, 0.5) is 0 Å². The predicted octanol–water partition coefficient (Wildman–Crippen LogP) is 1.66. The first-order valence-corrected chi connectivity index (χ1v) is 7.39. The van der Waals surface area contributed by atoms with Crippen molar-refractivity contribution in [3.63, 3.8) is 0 Å². The van der Waals surface area contributed by atoms with Gasteiger partial charge in [-0.3, -0.25) is 9.69 Å². The molecule has 1 aliphatic heterocycles. The molecule has 0 aromatic heterocycles. The molecule has 0 saturated carbocycles. The summed E-state index contributed by atoms with van der Waals surface area (Å²) in [5.74, 6) is 0.127. The first-order chi connectivity index (χ1) is 9.08. The molecule has 1 heterocycles. The number of rotatable bonds is 3. The molecule has 1 aliphatic rings. The number of nitrogens with one attached hydrogen (secondary N) is 1. The number of nitrogens with two attached hydrogens (primary N) is 1. The van der Waals surface area contributed by atoms with Crippen LogP contribution in [0.3, 0.4) is 0 Å². The molecule has 0 bridgehead atoms. The lowest BCUT2D eigenvalue weighted by Gasteiger charge is -2.33. The number of carbonyl (C=O) groups excluding carboxylic acids is 1. The van der Waals surface area contributed by atoms with Crippen LogP contribution in [0.1, 0.15) is 24.9 Å². The number of nitrogens with zero attached hydrogens (tertiary/aromatic N) is 1. The Balaban J connectivity index is 2.19. The lowest BCUT2D eigenvalue weighted by Crippen LogP contribution is -2.41. The fraction of sp³-hybridized carbons (Fsp3) is 0.500. The van der Waals surface area contributed by atoms with Crippen molar-refractivity contribution in [3.05, 3.63) is 34.3 Å². The molecule has 1 aromatic carbocycles. The number of amides is 1. The van der Waals surface area contributed by atoms with Gasteiger partial charge in [0.25, 0.3) is 0 Å². The minimum Gasteiger partial charge on any atom is -0.355 e. The van der Waals surface area contributed by atoms with E-state index < -0.39 is 0 Å². The second-order valence-electron chi connectivity index (χ2n) is 4.99. The van der Waals surface area contributed by atoms with E-state index in [4.69, 9.17) is 5.73 Å². The smallest absolute Gasteiger partial charge is 0.221 e. The van der Waals surface area contributed by atoms with Gasteiger partial charge in [0.15, 0.2) is 0 Å². The molecule has 2 unspecified atom stereocenters. The molecule has 1 amide bonds. The number of hydrogen-bond acceptors (Lipinski definition) is 3. The van der Waals surface area contributed by atoms with Crippen LogP contribution in [0.15, 0.2) is 28.7 Å². The van der Waals surface area contributed by atoms with Crippen LogP contribution in [0.2, 0.25) is 0 Å². The van der Waals surface area contributed by atoms with Gasteiger partial charge in [0.05, 0.1) is 0 Å². The van der Waals surface area contributed by atoms with Gasteiger partial charge in [-0.25, -0.2) is 0 Å². The van der Waals surface area contributed by atoms with Gasteiger partial charge in [-0.15, -0.1) is 0 Å². The maximum atomic E-state index is 11.4. The first kappa shape index (κ1) is 14.5. The average Bonchev–Trinajstić information content (AvgIpc) is 2.57. The highest BCUT2D eigenvalue weighted by Crippen LogP contribution is 2.25. The van der Waals surface area contributed by atoms with Gasteiger partial charge in [0.2, 0.25) is 5.91 Å². The second-order valence-corrected chi connectivity index (χ2v) is 5.91. The van der Waals surface area contributed by atoms with Crippen LogP contribution in [-0.2, 0) is 4.79 Å². The van der Waals surface area contributed by atoms with Gasteiger partial charge in [-0.2, -0.15) is 0 Å². The summed E-state index contributed by atoms with van der Waals surface area (Å²) >= 11 is 3.45. The van der Waals surface area contributed by atoms with E-state index in [0.717, 1.165) is 17.6 Å². The van der Waals surface area contributed by atoms with Gasteiger partial charge in [-0.05, 0) is 24.6 Å². The fourth-order valence-electron chi connectivity index (χ4n) is 2.57. The molecule has 0 aliphatic carbocycles. The van der Waals surface area contributed by atoms with Crippen molar-refractivity contribution < 1.29 is 4.79 Å². The molecular formula is C14H20BrN3O. The van der Waals surface area contributed by atoms with Crippen molar-refractivity contribution in [2.75, 3.05) is 19.6 Å². The third kappa shape index (κ3) is 3.78. The highest BCUT2D eigenvalue weighted by molar-refractivity contribution is 9.10. The Morgan fingerprint density at radius 3 is 2.63 bits per heavy atom. The molecule has 4 nitrogen and oxygen atoms in total. The van der Waals surface area contributed by atoms with Crippen molar-refractivity contribution in [1.29, 1.82) is 0 Å². The van der Waals surface area contributed by atoms with Crippen molar-refractivity contribution in [1.82, 2.24) is 10.2 Å². The Labute approximate surface area is 122 Å². The Hall–Kier alpha value is -0.910. The minimum atomic E-state index is 0.0226. The summed E-state index contributed by atoms with van der Waals surface area (Å²) in [5, 5.41) is 2.90. The van der Waals surface area contributed by atoms with Crippen LogP contribution < -0.4 is 11.1 Å². The van der Waals surface area contributed by atoms with Gasteiger partial charge in [0, 0.05) is 42.6 Å². The Kier molecular flexibility index (Phi) is 4.96. The number of halogens is 1. The minimum absolute atomic E-state index is 0.0226. The highest BCUT2D eigenvalue weighted by Gasteiger charge is 2.25. The number of hydrogen-bond donors (Lipinski definition) is 2. The summed E-state index contributed by atoms with van der Waals surface area (Å²) in [5.41, 5.74) is 7.37. The molecule has 1 fully saturated rings. The van der Waals surface area contributed by atoms with Gasteiger partial charge < -0.3 is 11.1 Å². The Bertz CT molecular complexity index is 433. The van der Waals surface area contributed by atoms with Crippen LogP contribution in [0.5, 0.6) is 0 Å². The van der Waals surface area contributed by atoms with Crippen LogP contribution in [0.25, 0.3) is 0 Å². The van der Waals surface area contributed by atoms with Gasteiger partial charge in [-0.1, -0.05) is 28.1 Å². The largest absolute Gasteiger partial charge is 0.355 e. The van der Waals surface area contributed by atoms with E-state index in [1.54, 1.807) is 0 Å². The third-order valence-electron chi connectivity index (χ3n) is 3.45. The molecule has 5 heteroatoms. The van der Waals surface area contributed by atoms with Crippen molar-refractivity contribution in [2.45, 2.75) is 25.4 Å². The summed E-state index contributed by atoms with van der Waals surface area (Å²) in [6.45, 7) is 4.31. The summed E-state index contributed by atoms with van der Waals surface area (Å²) in [7, 11) is 0. The zero-order valence-electron chi connectivity index (χ0n) is 11.1. The fourth-order valence-corrected chi connectivity index (χ4v) is 2.83. The molecule has 2 rings (SSSR count). The first-order valence-electron chi connectivity index (χ1n) is 6.59. The van der Waals surface area contributed by atoms with Crippen molar-refractivity contribution in [2.24, 2.45) is 5.73 Å². The maximum absolute atomic E-state index is 11.4. The van der Waals surface area contributed by atoms with E-state index in [9.17, 15) is 4.79 Å². The van der Waals surface area contributed by atoms with E-state index in [0.29, 0.717) is 13.0 Å². The summed E-state index contributed by atoms with van der Waals surface area (Å²) in [6, 6.07) is 8.43. The standard InChI is InChI=1S/C14H20BrN3O/c1-10(16)14(11-2-4-12(15)5-3-11)18-8-6-13(19)17-7-9-18/h2-5,10,14H,6-9,16H2,1H3,(H,17,19). The Morgan fingerprint density at radius 1 is 1.32 bits per heavy atom. The average molecular weight is 326 g/mol. The summed E-state index contributed by atoms with van der Waals surface area (Å²) in [4.78, 5) is 13.7. The molecule has 0 spiro atoms. The third-order valence-corrected chi connectivity index (χ3v) is 3.98. The van der Waals surface area contributed by atoms with E-state index in [1.807, 2.05) is 19.1 Å². The van der Waals surface area contributed by atoms with Gasteiger partial charge >= 0.3 is 0 Å². The zero-order chi connectivity index (χ0) is 13.8. The van der Waals surface area contributed by atoms with Crippen LogP contribution in [0, 0.1) is 0 Å². The molecule has 1 aromatic rings. The number of benzene rings is 1. The van der Waals surface area contributed by atoms with E-state index >= 15 is 0 Å². The lowest BCUT2D eigenvalue weighted by molar-refractivity contribution is -0.120. The zero-order valence-corrected chi connectivity index (χ0v) is 12.7. The normalized spacial score (nSPS) is 20.5. The topological polar surface area (TPSA) is 58.4 Å². The van der Waals surface area contributed by atoms with E-state index in [2.05, 4.69) is 38.3 Å². The predicted molar refractivity (Wildman–Crippen MR) is 79.7 cm³/mol. The maximum Gasteiger partial charge on any atom is 0.221 e. The molecule has 19 heavy (non-hydrogen) atoms. The van der Waals surface area contributed by atoms with E-state index in [1.165, 1.54) is 5.56 Å². The second kappa shape index (κ2) is 6.50. The highest BCUT2D eigenvalue weighted by atomic mass is 79.9. The molecule has 104 valence electrons. The summed E-state index contributed by atoms with van der Waals surface area (Å²) in [6.07, 6.45) is 0.541. The SMILES string of the molecule is CC(N)C(c1ccc(Br)cc1)N1CCNC(=O)CC1. The van der Waals surface area contributed by atoms with E-state index in [-0.39, 0.29) is 18.0 Å². The molecule has 1 saturated heterocycles.